The average Bonchev–Trinajstić information content (AvgIpc) is 2.73. The van der Waals surface area contributed by atoms with Crippen LogP contribution in [-0.2, 0) is 4.74 Å². The first-order valence-corrected chi connectivity index (χ1v) is 13.2. The summed E-state index contributed by atoms with van der Waals surface area (Å²) >= 11 is 0. The maximum Gasteiger partial charge on any atom is 0.0629 e. The Bertz CT molecular complexity index is 376. The first-order chi connectivity index (χ1) is 14.8. The minimum absolute atomic E-state index is 0. The largest absolute Gasteiger partial charge is 0.412 e. The predicted octanol–water partition coefficient (Wildman–Crippen LogP) is 5.39. The smallest absolute Gasteiger partial charge is 0.0629 e. The topological polar surface area (TPSA) is 101 Å². The highest BCUT2D eigenvalue weighted by Gasteiger charge is 2.28. The molecule has 0 aliphatic rings. The third kappa shape index (κ3) is 18.3. The summed E-state index contributed by atoms with van der Waals surface area (Å²) < 4.78 is 5.57. The van der Waals surface area contributed by atoms with E-state index in [4.69, 9.17) is 4.74 Å². The fraction of sp³-hybridized carbons (Fsp3) is 1.00. The fourth-order valence-corrected chi connectivity index (χ4v) is 4.21. The molecule has 0 aliphatic carbocycles. The van der Waals surface area contributed by atoms with Crippen LogP contribution in [0.1, 0.15) is 112 Å². The van der Waals surface area contributed by atoms with Crippen LogP contribution in [0.3, 0.4) is 0 Å². The summed E-state index contributed by atoms with van der Waals surface area (Å²) in [5.74, 6) is 3.36. The molecule has 0 saturated carbocycles. The number of rotatable bonds is 22. The molecule has 0 amide bonds. The zero-order valence-electron chi connectivity index (χ0n) is 22.1. The highest BCUT2D eigenvalue weighted by Crippen LogP contribution is 2.23. The molecule has 3 unspecified atom stereocenters. The van der Waals surface area contributed by atoms with Crippen LogP contribution in [0.2, 0.25) is 0 Å². The van der Waals surface area contributed by atoms with Gasteiger partial charge in [-0.05, 0) is 30.1 Å². The number of aliphatic hydroxyl groups is 3. The Morgan fingerprint density at radius 2 is 0.938 bits per heavy atom. The minimum atomic E-state index is -0.907. The Labute approximate surface area is 199 Å². The van der Waals surface area contributed by atoms with E-state index in [-0.39, 0.29) is 31.9 Å². The summed E-state index contributed by atoms with van der Waals surface area (Å²) in [5, 5.41) is 27.9. The number of unbranched alkanes of at least 4 members (excludes halogenated alkanes) is 1. The zero-order chi connectivity index (χ0) is 23.5. The molecule has 32 heavy (non-hydrogen) atoms. The summed E-state index contributed by atoms with van der Waals surface area (Å²) in [6.07, 6.45) is 15.8. The second kappa shape index (κ2) is 21.3. The van der Waals surface area contributed by atoms with Crippen molar-refractivity contribution in [1.82, 2.24) is 0 Å². The summed E-state index contributed by atoms with van der Waals surface area (Å²) in [5.41, 5.74) is -0.907. The van der Waals surface area contributed by atoms with Crippen LogP contribution in [0.25, 0.3) is 0 Å². The molecule has 5 nitrogen and oxygen atoms in total. The quantitative estimate of drug-likeness (QED) is 0.188. The van der Waals surface area contributed by atoms with Gasteiger partial charge >= 0.3 is 0 Å². The summed E-state index contributed by atoms with van der Waals surface area (Å²) in [4.78, 5) is 0. The monoisotopic (exact) mass is 462 g/mol. The van der Waals surface area contributed by atoms with Crippen molar-refractivity contribution in [2.75, 3.05) is 33.0 Å². The highest BCUT2D eigenvalue weighted by atomic mass is 16.5. The van der Waals surface area contributed by atoms with E-state index in [1.807, 2.05) is 0 Å². The molecule has 5 heteroatoms. The van der Waals surface area contributed by atoms with E-state index in [0.29, 0.717) is 6.61 Å². The molecule has 0 bridgehead atoms. The van der Waals surface area contributed by atoms with Crippen molar-refractivity contribution < 1.29 is 25.5 Å². The van der Waals surface area contributed by atoms with Gasteiger partial charge in [0.25, 0.3) is 0 Å². The lowest BCUT2D eigenvalue weighted by molar-refractivity contribution is -0.0582. The van der Waals surface area contributed by atoms with E-state index in [2.05, 4.69) is 34.6 Å². The third-order valence-corrected chi connectivity index (χ3v) is 6.92. The molecule has 0 fully saturated rings. The minimum Gasteiger partial charge on any atom is -0.412 e. The van der Waals surface area contributed by atoms with E-state index < -0.39 is 5.41 Å². The Morgan fingerprint density at radius 1 is 0.562 bits per heavy atom. The number of aliphatic hydroxyl groups excluding tert-OH is 3. The standard InChI is InChI=1S/C27H56O4.H2O/c1-23(2)11-8-13-25(4)15-10-17-26(5)16-9-14-24(3)12-6-7-18-31-22-27(19-28,20-29)21-30;/h23-26,28-30H,6-22H2,1-5H3;1H2. The van der Waals surface area contributed by atoms with Crippen LogP contribution in [0, 0.1) is 29.1 Å². The number of hydrogen-bond acceptors (Lipinski definition) is 4. The Balaban J connectivity index is 0. The molecular weight excluding hydrogens is 404 g/mol. The summed E-state index contributed by atoms with van der Waals surface area (Å²) in [6.45, 7) is 11.9. The van der Waals surface area contributed by atoms with Gasteiger partial charge in [0.15, 0.2) is 0 Å². The van der Waals surface area contributed by atoms with Gasteiger partial charge in [-0.25, -0.2) is 0 Å². The van der Waals surface area contributed by atoms with Crippen LogP contribution >= 0.6 is 0 Å². The zero-order valence-corrected chi connectivity index (χ0v) is 22.1. The molecule has 0 aliphatic heterocycles. The molecule has 0 radical (unpaired) electrons. The van der Waals surface area contributed by atoms with Gasteiger partial charge in [0.05, 0.1) is 31.8 Å². The maximum atomic E-state index is 9.29. The molecule has 0 rings (SSSR count). The van der Waals surface area contributed by atoms with Crippen molar-refractivity contribution in [3.05, 3.63) is 0 Å². The molecule has 0 aromatic heterocycles. The first kappa shape index (κ1) is 34.0. The molecular formula is C27H58O5. The molecule has 196 valence electrons. The van der Waals surface area contributed by atoms with Gasteiger partial charge in [-0.1, -0.05) is 105 Å². The van der Waals surface area contributed by atoms with Crippen molar-refractivity contribution >= 4 is 0 Å². The van der Waals surface area contributed by atoms with Crippen LogP contribution in [0.15, 0.2) is 0 Å². The van der Waals surface area contributed by atoms with E-state index in [1.165, 1.54) is 64.2 Å². The van der Waals surface area contributed by atoms with Crippen molar-refractivity contribution in [2.45, 2.75) is 112 Å². The van der Waals surface area contributed by atoms with Gasteiger partial charge in [0.1, 0.15) is 0 Å². The Kier molecular flexibility index (Phi) is 22.7. The van der Waals surface area contributed by atoms with E-state index in [9.17, 15) is 15.3 Å². The van der Waals surface area contributed by atoms with E-state index >= 15 is 0 Å². The molecule has 0 spiro atoms. The van der Waals surface area contributed by atoms with Crippen LogP contribution < -0.4 is 0 Å². The number of ether oxygens (including phenoxy) is 1. The Morgan fingerprint density at radius 3 is 1.31 bits per heavy atom. The predicted molar refractivity (Wildman–Crippen MR) is 136 cm³/mol. The van der Waals surface area contributed by atoms with Gasteiger partial charge in [-0.2, -0.15) is 0 Å². The molecule has 0 saturated heterocycles. The molecule has 0 aromatic carbocycles. The molecule has 0 aromatic rings. The average molecular weight is 463 g/mol. The van der Waals surface area contributed by atoms with Crippen LogP contribution in [0.4, 0.5) is 0 Å². The summed E-state index contributed by atoms with van der Waals surface area (Å²) in [6, 6.07) is 0. The van der Waals surface area contributed by atoms with E-state index in [0.717, 1.165) is 36.5 Å². The van der Waals surface area contributed by atoms with Gasteiger partial charge in [0, 0.05) is 6.61 Å². The maximum absolute atomic E-state index is 9.29. The first-order valence-electron chi connectivity index (χ1n) is 13.2. The highest BCUT2D eigenvalue weighted by molar-refractivity contribution is 4.76. The van der Waals surface area contributed by atoms with Crippen molar-refractivity contribution in [1.29, 1.82) is 0 Å². The molecule has 5 N–H and O–H groups in total. The van der Waals surface area contributed by atoms with Gasteiger partial charge < -0.3 is 25.5 Å². The lowest BCUT2D eigenvalue weighted by Crippen LogP contribution is -2.38. The van der Waals surface area contributed by atoms with Gasteiger partial charge in [0.2, 0.25) is 0 Å². The van der Waals surface area contributed by atoms with Crippen molar-refractivity contribution in [3.63, 3.8) is 0 Å². The van der Waals surface area contributed by atoms with Gasteiger partial charge in [-0.15, -0.1) is 0 Å². The van der Waals surface area contributed by atoms with Crippen LogP contribution in [-0.4, -0.2) is 53.8 Å². The SMILES string of the molecule is CC(C)CCCC(C)CCCC(C)CCCC(C)CCCCOCC(CO)(CO)CO.O. The van der Waals surface area contributed by atoms with E-state index in [1.54, 1.807) is 0 Å². The molecule has 3 atom stereocenters. The van der Waals surface area contributed by atoms with Gasteiger partial charge in [-0.3, -0.25) is 0 Å². The summed E-state index contributed by atoms with van der Waals surface area (Å²) in [7, 11) is 0. The third-order valence-electron chi connectivity index (χ3n) is 6.92. The fourth-order valence-electron chi connectivity index (χ4n) is 4.21. The molecule has 0 heterocycles. The Hall–Kier alpha value is -0.200. The number of hydrogen-bond donors (Lipinski definition) is 3. The normalized spacial score (nSPS) is 14.9. The van der Waals surface area contributed by atoms with Crippen LogP contribution in [0.5, 0.6) is 0 Å². The van der Waals surface area contributed by atoms with Crippen molar-refractivity contribution in [3.8, 4) is 0 Å². The lowest BCUT2D eigenvalue weighted by atomic mass is 9.90. The second-order valence-electron chi connectivity index (χ2n) is 11.0. The van der Waals surface area contributed by atoms with Crippen molar-refractivity contribution in [2.24, 2.45) is 29.1 Å². The lowest BCUT2D eigenvalue weighted by Gasteiger charge is -2.26. The second-order valence-corrected chi connectivity index (χ2v) is 11.0.